The van der Waals surface area contributed by atoms with E-state index in [2.05, 4.69) is 22.0 Å². The van der Waals surface area contributed by atoms with E-state index in [1.54, 1.807) is 0 Å². The summed E-state index contributed by atoms with van der Waals surface area (Å²) in [6.45, 7) is 0. The van der Waals surface area contributed by atoms with Gasteiger partial charge in [0, 0.05) is 4.47 Å². The topological polar surface area (TPSA) is 26.3 Å². The van der Waals surface area contributed by atoms with E-state index in [1.807, 2.05) is 12.1 Å². The van der Waals surface area contributed by atoms with Crippen LogP contribution in [-0.2, 0) is 22.4 Å². The lowest BCUT2D eigenvalue weighted by Gasteiger charge is -2.23. The molecule has 0 aromatic heterocycles. The van der Waals surface area contributed by atoms with Crippen LogP contribution in [-0.4, -0.2) is 13.1 Å². The molecule has 80 valence electrons. The number of ether oxygens (including phenoxy) is 1. The number of esters is 1. The van der Waals surface area contributed by atoms with Gasteiger partial charge in [0.1, 0.15) is 0 Å². The summed E-state index contributed by atoms with van der Waals surface area (Å²) in [6.07, 6.45) is 2.66. The number of methoxy groups -OCH3 is 1. The Balaban J connectivity index is 2.26. The van der Waals surface area contributed by atoms with E-state index >= 15 is 0 Å². The average molecular weight is 269 g/mol. The largest absolute Gasteiger partial charge is 0.469 e. The van der Waals surface area contributed by atoms with Crippen molar-refractivity contribution in [2.24, 2.45) is 5.92 Å². The second-order valence-corrected chi connectivity index (χ2v) is 4.69. The lowest BCUT2D eigenvalue weighted by Crippen LogP contribution is -2.23. The average Bonchev–Trinajstić information content (AvgIpc) is 2.28. The minimum absolute atomic E-state index is 0.0289. The Morgan fingerprint density at radius 3 is 3.07 bits per heavy atom. The van der Waals surface area contributed by atoms with Gasteiger partial charge < -0.3 is 4.74 Å². The molecule has 1 aliphatic rings. The fraction of sp³-hybridized carbons (Fsp3) is 0.417. The maximum Gasteiger partial charge on any atom is 0.309 e. The first-order chi connectivity index (χ1) is 7.22. The van der Waals surface area contributed by atoms with Crippen LogP contribution in [0, 0.1) is 5.92 Å². The fourth-order valence-corrected chi connectivity index (χ4v) is 2.68. The second-order valence-electron chi connectivity index (χ2n) is 3.84. The van der Waals surface area contributed by atoms with E-state index in [0.717, 1.165) is 23.7 Å². The van der Waals surface area contributed by atoms with Crippen LogP contribution in [0.1, 0.15) is 17.5 Å². The quantitative estimate of drug-likeness (QED) is 0.733. The maximum absolute atomic E-state index is 11.5. The molecule has 15 heavy (non-hydrogen) atoms. The molecule has 0 aliphatic heterocycles. The zero-order chi connectivity index (χ0) is 10.8. The first kappa shape index (κ1) is 10.7. The third-order valence-corrected chi connectivity index (χ3v) is 3.71. The Morgan fingerprint density at radius 2 is 2.33 bits per heavy atom. The number of hydrogen-bond acceptors (Lipinski definition) is 2. The highest BCUT2D eigenvalue weighted by Gasteiger charge is 2.26. The van der Waals surface area contributed by atoms with E-state index in [4.69, 9.17) is 4.74 Å². The Morgan fingerprint density at radius 1 is 1.53 bits per heavy atom. The highest BCUT2D eigenvalue weighted by Crippen LogP contribution is 2.31. The predicted molar refractivity (Wildman–Crippen MR) is 61.7 cm³/mol. The normalized spacial score (nSPS) is 19.5. The van der Waals surface area contributed by atoms with Crippen molar-refractivity contribution in [2.75, 3.05) is 7.11 Å². The van der Waals surface area contributed by atoms with Gasteiger partial charge in [-0.1, -0.05) is 28.1 Å². The van der Waals surface area contributed by atoms with E-state index in [0.29, 0.717) is 0 Å². The minimum atomic E-state index is -0.0867. The van der Waals surface area contributed by atoms with Gasteiger partial charge in [-0.3, -0.25) is 4.79 Å². The van der Waals surface area contributed by atoms with Crippen LogP contribution in [0.25, 0.3) is 0 Å². The first-order valence-corrected chi connectivity index (χ1v) is 5.85. The van der Waals surface area contributed by atoms with E-state index < -0.39 is 0 Å². The molecule has 2 rings (SSSR count). The molecule has 0 bridgehead atoms. The predicted octanol–water partition coefficient (Wildman–Crippen LogP) is 2.73. The van der Waals surface area contributed by atoms with Crippen LogP contribution >= 0.6 is 15.9 Å². The van der Waals surface area contributed by atoms with Crippen molar-refractivity contribution < 1.29 is 9.53 Å². The third-order valence-electron chi connectivity index (χ3n) is 2.96. The molecule has 0 amide bonds. The molecule has 3 heteroatoms. The Kier molecular flexibility index (Phi) is 3.10. The number of hydrogen-bond donors (Lipinski definition) is 0. The zero-order valence-electron chi connectivity index (χ0n) is 8.63. The van der Waals surface area contributed by atoms with Gasteiger partial charge in [-0.25, -0.2) is 0 Å². The highest BCUT2D eigenvalue weighted by molar-refractivity contribution is 9.10. The molecule has 1 aliphatic carbocycles. The standard InChI is InChI=1S/C12H13BrO2/c1-15-12(14)9-6-5-8-3-2-4-11(13)10(8)7-9/h2-4,9H,5-7H2,1H3. The number of carbonyl (C=O) groups is 1. The van der Waals surface area contributed by atoms with Gasteiger partial charge in [0.25, 0.3) is 0 Å². The van der Waals surface area contributed by atoms with Crippen molar-refractivity contribution in [1.82, 2.24) is 0 Å². The van der Waals surface area contributed by atoms with Crippen molar-refractivity contribution in [3.05, 3.63) is 33.8 Å². The Bertz CT molecular complexity index is 387. The molecule has 1 aromatic carbocycles. The number of rotatable bonds is 1. The molecular weight excluding hydrogens is 256 g/mol. The molecule has 0 heterocycles. The van der Waals surface area contributed by atoms with Gasteiger partial charge in [-0.2, -0.15) is 0 Å². The first-order valence-electron chi connectivity index (χ1n) is 5.06. The SMILES string of the molecule is COC(=O)C1CCc2cccc(Br)c2C1. The van der Waals surface area contributed by atoms with Crippen LogP contribution in [0.5, 0.6) is 0 Å². The van der Waals surface area contributed by atoms with Crippen LogP contribution in [0.3, 0.4) is 0 Å². The van der Waals surface area contributed by atoms with Gasteiger partial charge >= 0.3 is 5.97 Å². The molecule has 0 N–H and O–H groups in total. The second kappa shape index (κ2) is 4.35. The minimum Gasteiger partial charge on any atom is -0.469 e. The molecule has 0 spiro atoms. The summed E-state index contributed by atoms with van der Waals surface area (Å²) in [6, 6.07) is 6.20. The number of carbonyl (C=O) groups excluding carboxylic acids is 1. The molecule has 1 unspecified atom stereocenters. The summed E-state index contributed by atoms with van der Waals surface area (Å²) in [5, 5.41) is 0. The molecule has 0 saturated heterocycles. The molecule has 0 fully saturated rings. The van der Waals surface area contributed by atoms with Crippen LogP contribution < -0.4 is 0 Å². The van der Waals surface area contributed by atoms with Gasteiger partial charge in [-0.05, 0) is 36.5 Å². The number of aryl methyl sites for hydroxylation is 1. The smallest absolute Gasteiger partial charge is 0.309 e. The number of fused-ring (bicyclic) bond motifs is 1. The van der Waals surface area contributed by atoms with Crippen LogP contribution in [0.15, 0.2) is 22.7 Å². The third kappa shape index (κ3) is 2.07. The van der Waals surface area contributed by atoms with E-state index in [1.165, 1.54) is 18.2 Å². The number of halogens is 1. The summed E-state index contributed by atoms with van der Waals surface area (Å²) in [7, 11) is 1.46. The highest BCUT2D eigenvalue weighted by atomic mass is 79.9. The zero-order valence-corrected chi connectivity index (χ0v) is 10.2. The number of benzene rings is 1. The monoisotopic (exact) mass is 268 g/mol. The molecule has 1 atom stereocenters. The summed E-state index contributed by atoms with van der Waals surface area (Å²) in [5.74, 6) is -0.0578. The van der Waals surface area contributed by atoms with Crippen molar-refractivity contribution in [1.29, 1.82) is 0 Å². The lowest BCUT2D eigenvalue weighted by atomic mass is 9.84. The van der Waals surface area contributed by atoms with Gasteiger partial charge in [-0.15, -0.1) is 0 Å². The van der Waals surface area contributed by atoms with Crippen LogP contribution in [0.2, 0.25) is 0 Å². The van der Waals surface area contributed by atoms with Crippen molar-refractivity contribution in [3.63, 3.8) is 0 Å². The maximum atomic E-state index is 11.5. The van der Waals surface area contributed by atoms with Crippen molar-refractivity contribution in [2.45, 2.75) is 19.3 Å². The molecule has 1 aromatic rings. The van der Waals surface area contributed by atoms with Gasteiger partial charge in [0.2, 0.25) is 0 Å². The fourth-order valence-electron chi connectivity index (χ4n) is 2.11. The molecule has 2 nitrogen and oxygen atoms in total. The lowest BCUT2D eigenvalue weighted by molar-refractivity contribution is -0.145. The molecule has 0 radical (unpaired) electrons. The van der Waals surface area contributed by atoms with Crippen LogP contribution in [0.4, 0.5) is 0 Å². The Hall–Kier alpha value is -0.830. The molecular formula is C12H13BrO2. The van der Waals surface area contributed by atoms with Crippen molar-refractivity contribution in [3.8, 4) is 0 Å². The van der Waals surface area contributed by atoms with E-state index in [9.17, 15) is 4.79 Å². The summed E-state index contributed by atoms with van der Waals surface area (Å²) in [5.41, 5.74) is 2.61. The van der Waals surface area contributed by atoms with Gasteiger partial charge in [0.05, 0.1) is 13.0 Å². The van der Waals surface area contributed by atoms with E-state index in [-0.39, 0.29) is 11.9 Å². The molecule has 0 saturated carbocycles. The van der Waals surface area contributed by atoms with Crippen molar-refractivity contribution >= 4 is 21.9 Å². The Labute approximate surface area is 97.8 Å². The van der Waals surface area contributed by atoms with Gasteiger partial charge in [0.15, 0.2) is 0 Å². The summed E-state index contributed by atoms with van der Waals surface area (Å²) < 4.78 is 5.90. The summed E-state index contributed by atoms with van der Waals surface area (Å²) >= 11 is 3.53. The summed E-state index contributed by atoms with van der Waals surface area (Å²) in [4.78, 5) is 11.5.